The monoisotopic (exact) mass is 287 g/mol. The van der Waals surface area contributed by atoms with Gasteiger partial charge in [-0.25, -0.2) is 0 Å². The zero-order chi connectivity index (χ0) is 14.3. The zero-order valence-corrected chi connectivity index (χ0v) is 12.5. The summed E-state index contributed by atoms with van der Waals surface area (Å²) >= 11 is 6.06. The van der Waals surface area contributed by atoms with Crippen molar-refractivity contribution in [2.45, 2.75) is 32.9 Å². The summed E-state index contributed by atoms with van der Waals surface area (Å²) < 4.78 is 11.0. The van der Waals surface area contributed by atoms with Crippen molar-refractivity contribution in [3.8, 4) is 11.5 Å². The molecule has 4 nitrogen and oxygen atoms in total. The topological polar surface area (TPSA) is 50.7 Å². The second-order valence-corrected chi connectivity index (χ2v) is 4.69. The molecular weight excluding hydrogens is 266 g/mol. The number of ether oxygens (including phenoxy) is 2. The van der Waals surface area contributed by atoms with E-state index in [-0.39, 0.29) is 6.61 Å². The zero-order valence-electron chi connectivity index (χ0n) is 11.7. The molecule has 1 rings (SSSR count). The number of halogens is 1. The molecule has 108 valence electrons. The molecule has 0 amide bonds. The summed E-state index contributed by atoms with van der Waals surface area (Å²) in [5.41, 5.74) is 0.925. The van der Waals surface area contributed by atoms with Gasteiger partial charge in [0.2, 0.25) is 0 Å². The van der Waals surface area contributed by atoms with Gasteiger partial charge in [-0.1, -0.05) is 25.4 Å². The molecule has 5 heteroatoms. The SMILES string of the molecule is CCNCc1cc(Cl)cc(OC)c1OCC(O)CC. The summed E-state index contributed by atoms with van der Waals surface area (Å²) in [6.07, 6.45) is 0.172. The van der Waals surface area contributed by atoms with Crippen molar-refractivity contribution in [3.63, 3.8) is 0 Å². The molecule has 1 atom stereocenters. The third-order valence-electron chi connectivity index (χ3n) is 2.77. The van der Waals surface area contributed by atoms with Gasteiger partial charge < -0.3 is 19.9 Å². The first-order valence-electron chi connectivity index (χ1n) is 6.50. The fourth-order valence-electron chi connectivity index (χ4n) is 1.63. The molecule has 0 aromatic heterocycles. The highest BCUT2D eigenvalue weighted by atomic mass is 35.5. The molecule has 0 aliphatic rings. The van der Waals surface area contributed by atoms with E-state index in [0.717, 1.165) is 12.1 Å². The predicted octanol–water partition coefficient (Wildman–Crippen LogP) is 2.61. The third kappa shape index (κ3) is 4.90. The van der Waals surface area contributed by atoms with Crippen LogP contribution < -0.4 is 14.8 Å². The van der Waals surface area contributed by atoms with Crippen LogP contribution >= 0.6 is 11.6 Å². The highest BCUT2D eigenvalue weighted by molar-refractivity contribution is 6.30. The summed E-state index contributed by atoms with van der Waals surface area (Å²) in [6, 6.07) is 3.56. The first-order valence-corrected chi connectivity index (χ1v) is 6.88. The van der Waals surface area contributed by atoms with E-state index in [1.54, 1.807) is 13.2 Å². The molecule has 0 radical (unpaired) electrons. The Balaban J connectivity index is 2.95. The van der Waals surface area contributed by atoms with Crippen molar-refractivity contribution in [2.24, 2.45) is 0 Å². The van der Waals surface area contributed by atoms with E-state index in [4.69, 9.17) is 21.1 Å². The van der Waals surface area contributed by atoms with Crippen LogP contribution in [0.4, 0.5) is 0 Å². The van der Waals surface area contributed by atoms with Crippen molar-refractivity contribution < 1.29 is 14.6 Å². The highest BCUT2D eigenvalue weighted by Gasteiger charge is 2.14. The quantitative estimate of drug-likeness (QED) is 0.772. The summed E-state index contributed by atoms with van der Waals surface area (Å²) in [6.45, 7) is 5.68. The smallest absolute Gasteiger partial charge is 0.165 e. The summed E-state index contributed by atoms with van der Waals surface area (Å²) in [7, 11) is 1.58. The Labute approximate surface area is 119 Å². The summed E-state index contributed by atoms with van der Waals surface area (Å²) in [5, 5.41) is 13.4. The molecule has 19 heavy (non-hydrogen) atoms. The van der Waals surface area contributed by atoms with Crippen molar-refractivity contribution >= 4 is 11.6 Å². The minimum absolute atomic E-state index is 0.244. The molecule has 0 saturated heterocycles. The fourth-order valence-corrected chi connectivity index (χ4v) is 1.86. The first kappa shape index (κ1) is 16.1. The van der Waals surface area contributed by atoms with Crippen LogP contribution in [-0.2, 0) is 6.54 Å². The molecule has 0 bridgehead atoms. The van der Waals surface area contributed by atoms with Gasteiger partial charge in [0, 0.05) is 23.2 Å². The van der Waals surface area contributed by atoms with Crippen molar-refractivity contribution in [1.82, 2.24) is 5.32 Å². The average molecular weight is 288 g/mol. The number of aliphatic hydroxyl groups excluding tert-OH is 1. The van der Waals surface area contributed by atoms with E-state index in [2.05, 4.69) is 5.32 Å². The van der Waals surface area contributed by atoms with Crippen molar-refractivity contribution in [2.75, 3.05) is 20.3 Å². The van der Waals surface area contributed by atoms with Crippen LogP contribution in [0.1, 0.15) is 25.8 Å². The molecule has 0 spiro atoms. The Morgan fingerprint density at radius 1 is 1.37 bits per heavy atom. The Kier molecular flexibility index (Phi) is 6.99. The Bertz CT molecular complexity index is 399. The number of methoxy groups -OCH3 is 1. The number of rotatable bonds is 8. The van der Waals surface area contributed by atoms with Gasteiger partial charge in [-0.3, -0.25) is 0 Å². The fraction of sp³-hybridized carbons (Fsp3) is 0.571. The molecular formula is C14H22ClNO3. The van der Waals surface area contributed by atoms with Gasteiger partial charge in [-0.15, -0.1) is 0 Å². The van der Waals surface area contributed by atoms with Crippen LogP contribution in [0.2, 0.25) is 5.02 Å². The Hall–Kier alpha value is -0.970. The molecule has 0 heterocycles. The lowest BCUT2D eigenvalue weighted by Gasteiger charge is -2.17. The van der Waals surface area contributed by atoms with Crippen LogP contribution in [0.15, 0.2) is 12.1 Å². The van der Waals surface area contributed by atoms with Gasteiger partial charge in [0.15, 0.2) is 11.5 Å². The van der Waals surface area contributed by atoms with E-state index in [1.165, 1.54) is 0 Å². The normalized spacial score (nSPS) is 12.3. The van der Waals surface area contributed by atoms with E-state index in [9.17, 15) is 5.11 Å². The molecule has 1 aromatic carbocycles. The first-order chi connectivity index (χ1) is 9.12. The molecule has 2 N–H and O–H groups in total. The standard InChI is InChI=1S/C14H22ClNO3/c1-4-12(17)9-19-14-10(8-16-5-2)6-11(15)7-13(14)18-3/h6-7,12,16-17H,4-5,8-9H2,1-3H3. The molecule has 0 aliphatic heterocycles. The number of aliphatic hydroxyl groups is 1. The van der Waals surface area contributed by atoms with Gasteiger partial charge in [-0.05, 0) is 19.0 Å². The second kappa shape index (κ2) is 8.25. The number of hydrogen-bond donors (Lipinski definition) is 2. The average Bonchev–Trinajstić information content (AvgIpc) is 2.42. The van der Waals surface area contributed by atoms with Crippen LogP contribution in [-0.4, -0.2) is 31.5 Å². The number of nitrogens with one attached hydrogen (secondary N) is 1. The maximum atomic E-state index is 9.60. The van der Waals surface area contributed by atoms with Gasteiger partial charge in [0.25, 0.3) is 0 Å². The lowest BCUT2D eigenvalue weighted by Crippen LogP contribution is -2.18. The summed E-state index contributed by atoms with van der Waals surface area (Å²) in [5.74, 6) is 1.23. The second-order valence-electron chi connectivity index (χ2n) is 4.25. The highest BCUT2D eigenvalue weighted by Crippen LogP contribution is 2.34. The van der Waals surface area contributed by atoms with Crippen molar-refractivity contribution in [1.29, 1.82) is 0 Å². The molecule has 0 saturated carbocycles. The lowest BCUT2D eigenvalue weighted by molar-refractivity contribution is 0.102. The van der Waals surface area contributed by atoms with Gasteiger partial charge in [0.1, 0.15) is 6.61 Å². The van der Waals surface area contributed by atoms with E-state index in [1.807, 2.05) is 19.9 Å². The summed E-state index contributed by atoms with van der Waals surface area (Å²) in [4.78, 5) is 0. The van der Waals surface area contributed by atoms with E-state index in [0.29, 0.717) is 29.5 Å². The van der Waals surface area contributed by atoms with Crippen LogP contribution in [0.25, 0.3) is 0 Å². The maximum absolute atomic E-state index is 9.60. The van der Waals surface area contributed by atoms with E-state index < -0.39 is 6.10 Å². The number of hydrogen-bond acceptors (Lipinski definition) is 4. The van der Waals surface area contributed by atoms with Crippen LogP contribution in [0.3, 0.4) is 0 Å². The minimum Gasteiger partial charge on any atom is -0.493 e. The largest absolute Gasteiger partial charge is 0.493 e. The molecule has 1 unspecified atom stereocenters. The van der Waals surface area contributed by atoms with Crippen LogP contribution in [0, 0.1) is 0 Å². The Morgan fingerprint density at radius 3 is 2.68 bits per heavy atom. The minimum atomic E-state index is -0.479. The van der Waals surface area contributed by atoms with Gasteiger partial charge in [0.05, 0.1) is 13.2 Å². The molecule has 1 aromatic rings. The maximum Gasteiger partial charge on any atom is 0.165 e. The Morgan fingerprint density at radius 2 is 2.11 bits per heavy atom. The van der Waals surface area contributed by atoms with Gasteiger partial charge in [-0.2, -0.15) is 0 Å². The lowest BCUT2D eigenvalue weighted by atomic mass is 10.1. The van der Waals surface area contributed by atoms with Crippen molar-refractivity contribution in [3.05, 3.63) is 22.7 Å². The number of benzene rings is 1. The molecule has 0 fully saturated rings. The molecule has 0 aliphatic carbocycles. The van der Waals surface area contributed by atoms with E-state index >= 15 is 0 Å². The third-order valence-corrected chi connectivity index (χ3v) is 2.99. The van der Waals surface area contributed by atoms with Gasteiger partial charge >= 0.3 is 0 Å². The predicted molar refractivity (Wildman–Crippen MR) is 77.2 cm³/mol. The van der Waals surface area contributed by atoms with Crippen LogP contribution in [0.5, 0.6) is 11.5 Å².